The molecule has 5 heteroatoms. The van der Waals surface area contributed by atoms with Crippen LogP contribution in [-0.4, -0.2) is 33.4 Å². The maximum Gasteiger partial charge on any atom is 0.511 e. The van der Waals surface area contributed by atoms with E-state index < -0.39 is 18.3 Å². The van der Waals surface area contributed by atoms with Crippen LogP contribution in [0.3, 0.4) is 0 Å². The van der Waals surface area contributed by atoms with Crippen LogP contribution in [0.5, 0.6) is 0 Å². The molecule has 112 valence electrons. The van der Waals surface area contributed by atoms with E-state index in [-0.39, 0.29) is 5.41 Å². The Morgan fingerprint density at radius 3 is 1.95 bits per heavy atom. The molecule has 0 bridgehead atoms. The molecule has 20 heavy (non-hydrogen) atoms. The smallest absolute Gasteiger partial charge is 0.422 e. The number of aromatic nitrogens is 1. The monoisotopic (exact) mass is 279 g/mol. The highest BCUT2D eigenvalue weighted by Gasteiger charge is 2.39. The summed E-state index contributed by atoms with van der Waals surface area (Å²) >= 11 is 0. The second kappa shape index (κ2) is 5.47. The maximum absolute atomic E-state index is 10.1. The lowest BCUT2D eigenvalue weighted by Gasteiger charge is -2.38. The largest absolute Gasteiger partial charge is 0.511 e. The summed E-state index contributed by atoms with van der Waals surface area (Å²) in [7, 11) is -1.16. The van der Waals surface area contributed by atoms with Crippen molar-refractivity contribution >= 4 is 12.7 Å². The van der Waals surface area contributed by atoms with Crippen molar-refractivity contribution in [3.8, 4) is 0 Å². The van der Waals surface area contributed by atoms with Gasteiger partial charge in [-0.3, -0.25) is 4.98 Å². The summed E-state index contributed by atoms with van der Waals surface area (Å²) in [6, 6.07) is 3.69. The quantitative estimate of drug-likeness (QED) is 0.822. The zero-order chi connectivity index (χ0) is 15.8. The van der Waals surface area contributed by atoms with Crippen molar-refractivity contribution in [3.63, 3.8) is 0 Å². The van der Waals surface area contributed by atoms with Gasteiger partial charge in [-0.15, -0.1) is 0 Å². The molecule has 0 atom stereocenters. The predicted octanol–water partition coefficient (Wildman–Crippen LogP) is 1.63. The Hall–Kier alpha value is -0.905. The Morgan fingerprint density at radius 1 is 1.05 bits per heavy atom. The minimum atomic E-state index is -1.16. The number of hydrogen-bond donors (Lipinski definition) is 2. The Morgan fingerprint density at radius 2 is 1.60 bits per heavy atom. The molecular weight excluding hydrogens is 253 g/mol. The summed E-state index contributed by atoms with van der Waals surface area (Å²) in [5, 5.41) is 20.2. The standard InChI is InChI=1S/C15H26BNO3/c1-13(2,3)11-8-9-12(17-10-11)16(19)20-15(6,7)14(4,5)18/h8-10,18-19H,1-7H3. The summed E-state index contributed by atoms with van der Waals surface area (Å²) in [4.78, 5) is 4.25. The fourth-order valence-corrected chi connectivity index (χ4v) is 1.48. The zero-order valence-corrected chi connectivity index (χ0v) is 13.6. The first-order chi connectivity index (χ1) is 8.84. The average Bonchev–Trinajstić information content (AvgIpc) is 2.26. The summed E-state index contributed by atoms with van der Waals surface area (Å²) in [6.45, 7) is 13.1. The fourth-order valence-electron chi connectivity index (χ4n) is 1.48. The Kier molecular flexibility index (Phi) is 4.69. The molecule has 1 aromatic rings. The first-order valence-electron chi connectivity index (χ1n) is 6.89. The van der Waals surface area contributed by atoms with E-state index in [0.29, 0.717) is 5.59 Å². The second-order valence-electron chi connectivity index (χ2n) is 7.26. The van der Waals surface area contributed by atoms with Gasteiger partial charge in [-0.1, -0.05) is 26.8 Å². The maximum atomic E-state index is 10.1. The zero-order valence-electron chi connectivity index (χ0n) is 13.6. The fraction of sp³-hybridized carbons (Fsp3) is 0.667. The van der Waals surface area contributed by atoms with Crippen LogP contribution in [0.25, 0.3) is 0 Å². The van der Waals surface area contributed by atoms with Gasteiger partial charge in [0.1, 0.15) is 0 Å². The lowest BCUT2D eigenvalue weighted by molar-refractivity contribution is -0.0983. The van der Waals surface area contributed by atoms with Crippen molar-refractivity contribution in [1.29, 1.82) is 0 Å². The second-order valence-corrected chi connectivity index (χ2v) is 7.26. The average molecular weight is 279 g/mol. The van der Waals surface area contributed by atoms with Gasteiger partial charge in [0.2, 0.25) is 0 Å². The molecule has 2 N–H and O–H groups in total. The summed E-state index contributed by atoms with van der Waals surface area (Å²) in [6.07, 6.45) is 1.75. The topological polar surface area (TPSA) is 62.6 Å². The highest BCUT2D eigenvalue weighted by Crippen LogP contribution is 2.25. The van der Waals surface area contributed by atoms with Crippen LogP contribution in [0.2, 0.25) is 0 Å². The van der Waals surface area contributed by atoms with Crippen LogP contribution in [0, 0.1) is 0 Å². The minimum Gasteiger partial charge on any atom is -0.422 e. The van der Waals surface area contributed by atoms with Crippen LogP contribution in [0.15, 0.2) is 18.3 Å². The lowest BCUT2D eigenvalue weighted by Crippen LogP contribution is -2.53. The molecule has 1 aromatic heterocycles. The normalized spacial score (nSPS) is 13.4. The first-order valence-corrected chi connectivity index (χ1v) is 6.89. The third-order valence-corrected chi connectivity index (χ3v) is 3.79. The molecule has 4 nitrogen and oxygen atoms in total. The van der Waals surface area contributed by atoms with E-state index in [4.69, 9.17) is 4.65 Å². The molecule has 0 saturated carbocycles. The minimum absolute atomic E-state index is 0.0176. The van der Waals surface area contributed by atoms with Gasteiger partial charge >= 0.3 is 7.12 Å². The molecule has 0 aromatic carbocycles. The van der Waals surface area contributed by atoms with Crippen molar-refractivity contribution in [1.82, 2.24) is 4.98 Å². The van der Waals surface area contributed by atoms with E-state index >= 15 is 0 Å². The third-order valence-electron chi connectivity index (χ3n) is 3.79. The van der Waals surface area contributed by atoms with E-state index in [9.17, 15) is 10.1 Å². The van der Waals surface area contributed by atoms with Gasteiger partial charge in [-0.25, -0.2) is 0 Å². The summed E-state index contributed by atoms with van der Waals surface area (Å²) in [5.74, 6) is 0. The third kappa shape index (κ3) is 4.04. The van der Waals surface area contributed by atoms with Crippen LogP contribution in [0.4, 0.5) is 0 Å². The molecule has 0 aliphatic carbocycles. The van der Waals surface area contributed by atoms with E-state index in [1.165, 1.54) is 0 Å². The van der Waals surface area contributed by atoms with Gasteiger partial charge in [0.15, 0.2) is 0 Å². The molecule has 0 radical (unpaired) electrons. The van der Waals surface area contributed by atoms with E-state index in [1.807, 2.05) is 6.07 Å². The van der Waals surface area contributed by atoms with Crippen LogP contribution in [0.1, 0.15) is 54.0 Å². The Balaban J connectivity index is 2.87. The van der Waals surface area contributed by atoms with Crippen molar-refractivity contribution in [2.75, 3.05) is 0 Å². The highest BCUT2D eigenvalue weighted by atomic mass is 16.5. The molecule has 0 fully saturated rings. The molecule has 0 aliphatic heterocycles. The predicted molar refractivity (Wildman–Crippen MR) is 82.0 cm³/mol. The van der Waals surface area contributed by atoms with Crippen molar-refractivity contribution in [3.05, 3.63) is 23.9 Å². The molecule has 1 rings (SSSR count). The summed E-state index contributed by atoms with van der Waals surface area (Å²) < 4.78 is 5.56. The van der Waals surface area contributed by atoms with Crippen LogP contribution < -0.4 is 5.59 Å². The van der Waals surface area contributed by atoms with E-state index in [2.05, 4.69) is 25.8 Å². The molecule has 0 saturated heterocycles. The number of rotatable bonds is 4. The molecule has 0 amide bonds. The molecular formula is C15H26BNO3. The number of aliphatic hydroxyl groups is 1. The van der Waals surface area contributed by atoms with Crippen LogP contribution in [-0.2, 0) is 10.1 Å². The summed E-state index contributed by atoms with van der Waals surface area (Å²) in [5.41, 5.74) is -0.412. The van der Waals surface area contributed by atoms with Crippen LogP contribution >= 0.6 is 0 Å². The number of hydrogen-bond acceptors (Lipinski definition) is 4. The molecule has 1 heterocycles. The Labute approximate surface area is 122 Å². The van der Waals surface area contributed by atoms with Gasteiger partial charge < -0.3 is 14.8 Å². The lowest BCUT2D eigenvalue weighted by atomic mass is 9.79. The van der Waals surface area contributed by atoms with E-state index in [0.717, 1.165) is 5.56 Å². The first kappa shape index (κ1) is 17.1. The van der Waals surface area contributed by atoms with Crippen molar-refractivity contribution < 1.29 is 14.8 Å². The van der Waals surface area contributed by atoms with E-state index in [1.54, 1.807) is 40.0 Å². The highest BCUT2D eigenvalue weighted by molar-refractivity contribution is 6.59. The number of nitrogens with zero attached hydrogens (tertiary/aromatic N) is 1. The molecule has 0 aliphatic rings. The van der Waals surface area contributed by atoms with Crippen molar-refractivity contribution in [2.45, 2.75) is 65.1 Å². The Bertz CT molecular complexity index is 444. The molecule has 0 unspecified atom stereocenters. The van der Waals surface area contributed by atoms with Gasteiger partial charge in [0.25, 0.3) is 0 Å². The van der Waals surface area contributed by atoms with Gasteiger partial charge in [0, 0.05) is 6.20 Å². The van der Waals surface area contributed by atoms with Gasteiger partial charge in [0.05, 0.1) is 16.8 Å². The van der Waals surface area contributed by atoms with Gasteiger partial charge in [-0.2, -0.15) is 0 Å². The SMILES string of the molecule is CC(C)(C)c1ccc(B(O)OC(C)(C)C(C)(C)O)nc1. The molecule has 0 spiro atoms. The number of pyridine rings is 1. The van der Waals surface area contributed by atoms with Crippen molar-refractivity contribution in [2.24, 2.45) is 0 Å². The van der Waals surface area contributed by atoms with Gasteiger partial charge in [-0.05, 0) is 44.7 Å².